The van der Waals surface area contributed by atoms with Gasteiger partial charge in [0.15, 0.2) is 11.0 Å². The third-order valence-electron chi connectivity index (χ3n) is 4.95. The number of aryl methyl sites for hydroxylation is 1. The van der Waals surface area contributed by atoms with Crippen LogP contribution in [0.4, 0.5) is 10.1 Å². The zero-order valence-electron chi connectivity index (χ0n) is 18.7. The largest absolute Gasteiger partial charge is 0.342 e. The summed E-state index contributed by atoms with van der Waals surface area (Å²) in [5.41, 5.74) is 1.76. The van der Waals surface area contributed by atoms with Crippen molar-refractivity contribution in [1.29, 1.82) is 0 Å². The van der Waals surface area contributed by atoms with Crippen molar-refractivity contribution in [2.75, 3.05) is 11.1 Å². The third kappa shape index (κ3) is 6.42. The molecular weight excluding hydrogens is 509 g/mol. The van der Waals surface area contributed by atoms with Gasteiger partial charge in [0, 0.05) is 17.1 Å². The Morgan fingerprint density at radius 3 is 2.48 bits per heavy atom. The van der Waals surface area contributed by atoms with Gasteiger partial charge in [-0.25, -0.2) is 4.39 Å². The van der Waals surface area contributed by atoms with E-state index in [9.17, 15) is 14.0 Å². The van der Waals surface area contributed by atoms with Gasteiger partial charge >= 0.3 is 0 Å². The summed E-state index contributed by atoms with van der Waals surface area (Å²) in [6.45, 7) is 5.94. The summed E-state index contributed by atoms with van der Waals surface area (Å²) in [5.74, 6) is -0.395. The number of carbonyl (C=O) groups is 2. The summed E-state index contributed by atoms with van der Waals surface area (Å²) in [5, 5.41) is 14.6. The fourth-order valence-electron chi connectivity index (χ4n) is 3.09. The molecule has 2 aromatic carbocycles. The number of aromatic nitrogens is 3. The van der Waals surface area contributed by atoms with Crippen LogP contribution in [0.1, 0.15) is 41.6 Å². The molecule has 0 unspecified atom stereocenters. The Kier molecular flexibility index (Phi) is 8.25. The van der Waals surface area contributed by atoms with Crippen LogP contribution >= 0.6 is 27.7 Å². The van der Waals surface area contributed by atoms with Crippen LogP contribution < -0.4 is 10.6 Å². The number of thioether (sulfide) groups is 1. The van der Waals surface area contributed by atoms with Crippen LogP contribution in [-0.4, -0.2) is 32.3 Å². The highest BCUT2D eigenvalue weighted by atomic mass is 79.9. The summed E-state index contributed by atoms with van der Waals surface area (Å²) >= 11 is 4.37. The van der Waals surface area contributed by atoms with Crippen molar-refractivity contribution in [3.8, 4) is 0 Å². The van der Waals surface area contributed by atoms with Crippen LogP contribution in [0.15, 0.2) is 52.1 Å². The smallest absolute Gasteiger partial charge is 0.251 e. The fraction of sp³-hybridized carbons (Fsp3) is 0.304. The van der Waals surface area contributed by atoms with Gasteiger partial charge in [0.2, 0.25) is 5.91 Å². The van der Waals surface area contributed by atoms with Crippen molar-refractivity contribution in [2.45, 2.75) is 32.0 Å². The van der Waals surface area contributed by atoms with Crippen LogP contribution in [0.3, 0.4) is 0 Å². The van der Waals surface area contributed by atoms with Crippen molar-refractivity contribution >= 4 is 45.2 Å². The second-order valence-corrected chi connectivity index (χ2v) is 9.78. The lowest BCUT2D eigenvalue weighted by Gasteiger charge is -2.21. The lowest BCUT2D eigenvalue weighted by molar-refractivity contribution is -0.113. The topological polar surface area (TPSA) is 88.9 Å². The molecule has 0 aliphatic heterocycles. The minimum atomic E-state index is -0.521. The summed E-state index contributed by atoms with van der Waals surface area (Å²) < 4.78 is 16.3. The zero-order chi connectivity index (χ0) is 24.1. The average Bonchev–Trinajstić information content (AvgIpc) is 3.12. The zero-order valence-corrected chi connectivity index (χ0v) is 21.1. The number of nitrogens with one attached hydrogen (secondary N) is 2. The van der Waals surface area contributed by atoms with Crippen LogP contribution in [0.5, 0.6) is 0 Å². The molecule has 0 aliphatic rings. The SMILES string of the molecule is Cc1ccc(C(=O)N[C@H](c2nnc(SCC(=O)Nc3ccc(Br)cc3F)n2C)C(C)C)cc1. The summed E-state index contributed by atoms with van der Waals surface area (Å²) in [6, 6.07) is 11.4. The first kappa shape index (κ1) is 24.9. The average molecular weight is 534 g/mol. The predicted octanol–water partition coefficient (Wildman–Crippen LogP) is 4.88. The Hall–Kier alpha value is -2.72. The Morgan fingerprint density at radius 1 is 1.15 bits per heavy atom. The van der Waals surface area contributed by atoms with E-state index in [0.29, 0.717) is 21.0 Å². The summed E-state index contributed by atoms with van der Waals surface area (Å²) in [4.78, 5) is 25.0. The maximum Gasteiger partial charge on any atom is 0.251 e. The number of amides is 2. The quantitative estimate of drug-likeness (QED) is 0.402. The van der Waals surface area contributed by atoms with Gasteiger partial charge in [0.05, 0.1) is 17.5 Å². The monoisotopic (exact) mass is 533 g/mol. The molecule has 33 heavy (non-hydrogen) atoms. The maximum absolute atomic E-state index is 13.9. The molecule has 2 N–H and O–H groups in total. The van der Waals surface area contributed by atoms with Gasteiger partial charge in [-0.1, -0.05) is 59.2 Å². The summed E-state index contributed by atoms with van der Waals surface area (Å²) in [7, 11) is 1.79. The molecule has 3 rings (SSSR count). The van der Waals surface area contributed by atoms with Crippen LogP contribution in [0, 0.1) is 18.7 Å². The molecule has 0 fully saturated rings. The van der Waals surface area contributed by atoms with Crippen molar-refractivity contribution in [3.63, 3.8) is 0 Å². The predicted molar refractivity (Wildman–Crippen MR) is 131 cm³/mol. The Labute approximate surface area is 204 Å². The molecule has 3 aromatic rings. The molecule has 174 valence electrons. The first-order valence-corrected chi connectivity index (χ1v) is 12.1. The van der Waals surface area contributed by atoms with Crippen LogP contribution in [0.2, 0.25) is 0 Å². The lowest BCUT2D eigenvalue weighted by atomic mass is 10.0. The summed E-state index contributed by atoms with van der Waals surface area (Å²) in [6.07, 6.45) is 0. The fourth-order valence-corrected chi connectivity index (χ4v) is 4.14. The minimum absolute atomic E-state index is 0.0313. The van der Waals surface area contributed by atoms with E-state index in [1.54, 1.807) is 29.8 Å². The molecule has 0 saturated carbocycles. The van der Waals surface area contributed by atoms with Crippen LogP contribution in [0.25, 0.3) is 0 Å². The molecule has 0 saturated heterocycles. The number of nitrogens with zero attached hydrogens (tertiary/aromatic N) is 3. The van der Waals surface area contributed by atoms with E-state index >= 15 is 0 Å². The Bertz CT molecular complexity index is 1150. The van der Waals surface area contributed by atoms with E-state index in [-0.39, 0.29) is 35.2 Å². The molecule has 7 nitrogen and oxygen atoms in total. The van der Waals surface area contributed by atoms with E-state index < -0.39 is 5.82 Å². The number of carbonyl (C=O) groups excluding carboxylic acids is 2. The highest BCUT2D eigenvalue weighted by Crippen LogP contribution is 2.25. The minimum Gasteiger partial charge on any atom is -0.342 e. The van der Waals surface area contributed by atoms with Gasteiger partial charge in [0.1, 0.15) is 5.82 Å². The van der Waals surface area contributed by atoms with Gasteiger partial charge in [-0.05, 0) is 43.2 Å². The van der Waals surface area contributed by atoms with E-state index in [0.717, 1.165) is 5.56 Å². The van der Waals surface area contributed by atoms with Crippen molar-refractivity contribution in [3.05, 3.63) is 69.7 Å². The van der Waals surface area contributed by atoms with Gasteiger partial charge in [-0.3, -0.25) is 9.59 Å². The molecule has 0 spiro atoms. The standard InChI is InChI=1S/C23H25BrFN5O2S/c1-13(2)20(27-22(32)15-7-5-14(3)6-8-15)21-28-29-23(30(21)4)33-12-19(31)26-18-10-9-16(24)11-17(18)25/h5-11,13,20H,12H2,1-4H3,(H,26,31)(H,27,32)/t20-/m0/s1. The molecule has 0 bridgehead atoms. The van der Waals surface area contributed by atoms with Gasteiger partial charge in [0.25, 0.3) is 5.91 Å². The van der Waals surface area contributed by atoms with Crippen molar-refractivity contribution in [2.24, 2.45) is 13.0 Å². The highest BCUT2D eigenvalue weighted by molar-refractivity contribution is 9.10. The molecule has 1 atom stereocenters. The lowest BCUT2D eigenvalue weighted by Crippen LogP contribution is -2.33. The van der Waals surface area contributed by atoms with E-state index in [2.05, 4.69) is 36.8 Å². The molecule has 10 heteroatoms. The van der Waals surface area contributed by atoms with Crippen LogP contribution in [-0.2, 0) is 11.8 Å². The number of hydrogen-bond donors (Lipinski definition) is 2. The van der Waals surface area contributed by atoms with E-state index in [1.165, 1.54) is 23.9 Å². The van der Waals surface area contributed by atoms with Gasteiger partial charge in [-0.15, -0.1) is 10.2 Å². The molecular formula is C23H25BrFN5O2S. The number of rotatable bonds is 8. The number of halogens is 2. The first-order chi connectivity index (χ1) is 15.7. The Morgan fingerprint density at radius 2 is 1.85 bits per heavy atom. The van der Waals surface area contributed by atoms with E-state index in [1.807, 2.05) is 32.9 Å². The molecule has 1 heterocycles. The van der Waals surface area contributed by atoms with Crippen molar-refractivity contribution in [1.82, 2.24) is 20.1 Å². The number of hydrogen-bond acceptors (Lipinski definition) is 5. The third-order valence-corrected chi connectivity index (χ3v) is 6.46. The maximum atomic E-state index is 13.9. The molecule has 0 radical (unpaired) electrons. The first-order valence-electron chi connectivity index (χ1n) is 10.3. The number of benzene rings is 2. The second-order valence-electron chi connectivity index (χ2n) is 7.92. The molecule has 1 aromatic heterocycles. The molecule has 2 amide bonds. The highest BCUT2D eigenvalue weighted by Gasteiger charge is 2.25. The van der Waals surface area contributed by atoms with E-state index in [4.69, 9.17) is 0 Å². The van der Waals surface area contributed by atoms with Gasteiger partial charge in [-0.2, -0.15) is 0 Å². The van der Waals surface area contributed by atoms with Gasteiger partial charge < -0.3 is 15.2 Å². The second kappa shape index (κ2) is 10.9. The molecule has 0 aliphatic carbocycles. The number of anilines is 1. The Balaban J connectivity index is 1.66. The van der Waals surface area contributed by atoms with Crippen molar-refractivity contribution < 1.29 is 14.0 Å². The normalized spacial score (nSPS) is 12.0.